The monoisotopic (exact) mass is 243 g/mol. The van der Waals surface area contributed by atoms with Crippen LogP contribution in [0.3, 0.4) is 0 Å². The zero-order valence-electron chi connectivity index (χ0n) is 10.6. The molecule has 5 nitrogen and oxygen atoms in total. The smallest absolute Gasteiger partial charge is 0.226 e. The molecule has 2 bridgehead atoms. The Bertz CT molecular complexity index is 481. The lowest BCUT2D eigenvalue weighted by molar-refractivity contribution is 0.254. The highest BCUT2D eigenvalue weighted by Gasteiger charge is 2.35. The van der Waals surface area contributed by atoms with Gasteiger partial charge in [-0.2, -0.15) is 5.26 Å². The van der Waals surface area contributed by atoms with E-state index in [1.165, 1.54) is 12.8 Å². The molecule has 18 heavy (non-hydrogen) atoms. The second-order valence-corrected chi connectivity index (χ2v) is 5.14. The number of nitriles is 1. The number of anilines is 1. The lowest BCUT2D eigenvalue weighted by Crippen LogP contribution is -2.37. The van der Waals surface area contributed by atoms with Gasteiger partial charge in [0.05, 0.1) is 0 Å². The minimum atomic E-state index is 0.447. The summed E-state index contributed by atoms with van der Waals surface area (Å²) in [5.74, 6) is 0.704. The Kier molecular flexibility index (Phi) is 2.88. The molecule has 1 aromatic rings. The predicted octanol–water partition coefficient (Wildman–Crippen LogP) is 1.02. The van der Waals surface area contributed by atoms with Gasteiger partial charge < -0.3 is 4.90 Å². The van der Waals surface area contributed by atoms with Crippen LogP contribution < -0.4 is 4.90 Å². The Hall–Kier alpha value is -1.67. The average Bonchev–Trinajstić information content (AvgIpc) is 2.63. The Morgan fingerprint density at radius 2 is 2.17 bits per heavy atom. The summed E-state index contributed by atoms with van der Waals surface area (Å²) in [5.41, 5.74) is 0.447. The molecular formula is C13H17N5. The number of likely N-dealkylation sites (N-methyl/N-ethyl adjacent to an activating group) is 1. The Morgan fingerprint density at radius 3 is 3.00 bits per heavy atom. The quantitative estimate of drug-likeness (QED) is 0.737. The molecule has 3 heterocycles. The third-order valence-corrected chi connectivity index (χ3v) is 4.19. The topological polar surface area (TPSA) is 56.0 Å². The molecule has 2 aliphatic rings. The summed E-state index contributed by atoms with van der Waals surface area (Å²) in [6.07, 6.45) is 5.41. The molecule has 0 saturated carbocycles. The van der Waals surface area contributed by atoms with E-state index in [2.05, 4.69) is 32.9 Å². The van der Waals surface area contributed by atoms with Gasteiger partial charge in [-0.25, -0.2) is 9.97 Å². The molecule has 0 N–H and O–H groups in total. The molecule has 5 heteroatoms. The van der Waals surface area contributed by atoms with Crippen molar-refractivity contribution in [3.8, 4) is 6.07 Å². The largest absolute Gasteiger partial charge is 0.339 e. The third-order valence-electron chi connectivity index (χ3n) is 4.19. The normalized spacial score (nSPS) is 27.9. The SMILES string of the molecule is CN1C2CCC1CN(c1nccc(C#N)n1)CC2. The van der Waals surface area contributed by atoms with Gasteiger partial charge in [0.25, 0.3) is 0 Å². The lowest BCUT2D eigenvalue weighted by Gasteiger charge is -2.25. The molecule has 0 spiro atoms. The van der Waals surface area contributed by atoms with Crippen molar-refractivity contribution in [3.05, 3.63) is 18.0 Å². The highest BCUT2D eigenvalue weighted by molar-refractivity contribution is 5.34. The van der Waals surface area contributed by atoms with Crippen molar-refractivity contribution >= 4 is 5.95 Å². The summed E-state index contributed by atoms with van der Waals surface area (Å²) in [6, 6.07) is 5.04. The van der Waals surface area contributed by atoms with Crippen molar-refractivity contribution in [1.82, 2.24) is 14.9 Å². The molecule has 2 aliphatic heterocycles. The van der Waals surface area contributed by atoms with Crippen LogP contribution in [0.1, 0.15) is 25.0 Å². The first-order chi connectivity index (χ1) is 8.78. The first-order valence-corrected chi connectivity index (χ1v) is 6.48. The molecule has 2 atom stereocenters. The van der Waals surface area contributed by atoms with Crippen LogP contribution in [0.15, 0.2) is 12.3 Å². The first-order valence-electron chi connectivity index (χ1n) is 6.48. The number of hydrogen-bond acceptors (Lipinski definition) is 5. The Balaban J connectivity index is 1.83. The fraction of sp³-hybridized carbons (Fsp3) is 0.615. The second-order valence-electron chi connectivity index (χ2n) is 5.14. The highest BCUT2D eigenvalue weighted by atomic mass is 15.3. The van der Waals surface area contributed by atoms with Crippen LogP contribution in [0, 0.1) is 11.3 Å². The summed E-state index contributed by atoms with van der Waals surface area (Å²) < 4.78 is 0. The van der Waals surface area contributed by atoms with E-state index in [0.717, 1.165) is 19.5 Å². The maximum Gasteiger partial charge on any atom is 0.226 e. The van der Waals surface area contributed by atoms with Crippen LogP contribution in [-0.4, -0.2) is 47.1 Å². The summed E-state index contributed by atoms with van der Waals surface area (Å²) in [5, 5.41) is 8.90. The zero-order chi connectivity index (χ0) is 12.5. The van der Waals surface area contributed by atoms with Gasteiger partial charge in [-0.15, -0.1) is 0 Å². The maximum atomic E-state index is 8.90. The highest BCUT2D eigenvalue weighted by Crippen LogP contribution is 2.29. The van der Waals surface area contributed by atoms with Crippen molar-refractivity contribution in [2.24, 2.45) is 0 Å². The van der Waals surface area contributed by atoms with Gasteiger partial charge in [-0.1, -0.05) is 0 Å². The molecule has 1 aromatic heterocycles. The average molecular weight is 243 g/mol. The third kappa shape index (κ3) is 1.93. The van der Waals surface area contributed by atoms with Gasteiger partial charge in [0.1, 0.15) is 11.8 Å². The molecule has 2 fully saturated rings. The molecule has 0 amide bonds. The van der Waals surface area contributed by atoms with E-state index in [1.807, 2.05) is 0 Å². The zero-order valence-corrected chi connectivity index (χ0v) is 10.6. The van der Waals surface area contributed by atoms with Gasteiger partial charge in [0.2, 0.25) is 5.95 Å². The van der Waals surface area contributed by atoms with Crippen LogP contribution in [0.4, 0.5) is 5.95 Å². The van der Waals surface area contributed by atoms with Crippen LogP contribution in [0.2, 0.25) is 0 Å². The Morgan fingerprint density at radius 1 is 1.33 bits per heavy atom. The number of fused-ring (bicyclic) bond motifs is 2. The van der Waals surface area contributed by atoms with Gasteiger partial charge in [0.15, 0.2) is 0 Å². The fourth-order valence-corrected chi connectivity index (χ4v) is 3.05. The standard InChI is InChI=1S/C13H17N5/c1-17-11-2-3-12(17)9-18(7-5-11)13-15-6-4-10(8-14)16-13/h4,6,11-12H,2-3,5,7,9H2,1H3. The van der Waals surface area contributed by atoms with E-state index < -0.39 is 0 Å². The summed E-state index contributed by atoms with van der Waals surface area (Å²) >= 11 is 0. The Labute approximate surface area is 107 Å². The van der Waals surface area contributed by atoms with Crippen molar-refractivity contribution < 1.29 is 0 Å². The second kappa shape index (κ2) is 4.54. The van der Waals surface area contributed by atoms with E-state index in [4.69, 9.17) is 5.26 Å². The van der Waals surface area contributed by atoms with Crippen molar-refractivity contribution in [1.29, 1.82) is 5.26 Å². The van der Waals surface area contributed by atoms with Gasteiger partial charge in [-0.3, -0.25) is 4.90 Å². The molecule has 2 unspecified atom stereocenters. The fourth-order valence-electron chi connectivity index (χ4n) is 3.05. The van der Waals surface area contributed by atoms with Crippen LogP contribution in [0.5, 0.6) is 0 Å². The van der Waals surface area contributed by atoms with E-state index in [1.54, 1.807) is 12.3 Å². The minimum absolute atomic E-state index is 0.447. The molecule has 3 rings (SSSR count). The van der Waals surface area contributed by atoms with Crippen LogP contribution in [-0.2, 0) is 0 Å². The molecule has 94 valence electrons. The predicted molar refractivity (Wildman–Crippen MR) is 68.2 cm³/mol. The number of rotatable bonds is 1. The summed E-state index contributed by atoms with van der Waals surface area (Å²) in [4.78, 5) is 13.3. The lowest BCUT2D eigenvalue weighted by atomic mass is 10.1. The maximum absolute atomic E-state index is 8.90. The van der Waals surface area contributed by atoms with E-state index in [-0.39, 0.29) is 0 Å². The van der Waals surface area contributed by atoms with E-state index in [9.17, 15) is 0 Å². The minimum Gasteiger partial charge on any atom is -0.339 e. The molecule has 2 saturated heterocycles. The van der Waals surface area contributed by atoms with Crippen molar-refractivity contribution in [2.75, 3.05) is 25.0 Å². The first kappa shape index (κ1) is 11.4. The molecule has 0 radical (unpaired) electrons. The molecular weight excluding hydrogens is 226 g/mol. The number of aromatic nitrogens is 2. The van der Waals surface area contributed by atoms with Gasteiger partial charge in [0, 0.05) is 31.4 Å². The van der Waals surface area contributed by atoms with Gasteiger partial charge >= 0.3 is 0 Å². The number of nitrogens with zero attached hydrogens (tertiary/aromatic N) is 5. The van der Waals surface area contributed by atoms with Crippen molar-refractivity contribution in [3.63, 3.8) is 0 Å². The van der Waals surface area contributed by atoms with E-state index >= 15 is 0 Å². The van der Waals surface area contributed by atoms with Crippen LogP contribution in [0.25, 0.3) is 0 Å². The van der Waals surface area contributed by atoms with E-state index in [0.29, 0.717) is 23.7 Å². The van der Waals surface area contributed by atoms with Crippen LogP contribution >= 0.6 is 0 Å². The summed E-state index contributed by atoms with van der Waals surface area (Å²) in [7, 11) is 2.22. The van der Waals surface area contributed by atoms with Crippen molar-refractivity contribution in [2.45, 2.75) is 31.3 Å². The molecule has 0 aliphatic carbocycles. The number of hydrogen-bond donors (Lipinski definition) is 0. The molecule has 0 aromatic carbocycles. The van der Waals surface area contributed by atoms with Gasteiger partial charge in [-0.05, 0) is 32.4 Å². The summed E-state index contributed by atoms with van der Waals surface area (Å²) in [6.45, 7) is 1.96.